The number of ketones is 1. The van der Waals surface area contributed by atoms with Gasteiger partial charge >= 0.3 is 5.97 Å². The summed E-state index contributed by atoms with van der Waals surface area (Å²) in [5.41, 5.74) is 0.178. The number of hydrogen-bond donors (Lipinski definition) is 0. The van der Waals surface area contributed by atoms with Crippen LogP contribution in [0.25, 0.3) is 0 Å². The molecule has 1 saturated heterocycles. The second kappa shape index (κ2) is 10.2. The van der Waals surface area contributed by atoms with Crippen molar-refractivity contribution in [3.05, 3.63) is 87.8 Å². The SMILES string of the molecule is O=C(CN(C(=O)c1ccc(Cl)cc1Cl)N1C(=O)[C@H]2[C@H]3CC[C@@H](C3)[C@@H]2C1=O)c1ccc(OC(=O)c2ccco2)cc1. The molecule has 3 aromatic rings. The van der Waals surface area contributed by atoms with Crippen molar-refractivity contribution in [3.8, 4) is 5.75 Å². The summed E-state index contributed by atoms with van der Waals surface area (Å²) in [6, 6.07) is 12.9. The van der Waals surface area contributed by atoms with Gasteiger partial charge in [-0.05, 0) is 85.7 Å². The maximum absolute atomic E-state index is 13.7. The molecule has 2 aliphatic carbocycles. The lowest BCUT2D eigenvalue weighted by molar-refractivity contribution is -0.155. The van der Waals surface area contributed by atoms with E-state index in [1.807, 2.05) is 0 Å². The monoisotopic (exact) mass is 580 g/mol. The number of furan rings is 1. The van der Waals surface area contributed by atoms with Gasteiger partial charge in [0.05, 0.1) is 28.7 Å². The summed E-state index contributed by atoms with van der Waals surface area (Å²) < 4.78 is 10.3. The summed E-state index contributed by atoms with van der Waals surface area (Å²) >= 11 is 12.3. The molecule has 2 bridgehead atoms. The first-order chi connectivity index (χ1) is 19.2. The number of ether oxygens (including phenoxy) is 1. The van der Waals surface area contributed by atoms with Gasteiger partial charge in [0.15, 0.2) is 5.78 Å². The zero-order valence-electron chi connectivity index (χ0n) is 20.9. The summed E-state index contributed by atoms with van der Waals surface area (Å²) in [6.45, 7) is -0.588. The number of benzene rings is 2. The van der Waals surface area contributed by atoms with Crippen molar-refractivity contribution in [2.75, 3.05) is 6.54 Å². The van der Waals surface area contributed by atoms with Crippen molar-refractivity contribution < 1.29 is 33.1 Å². The fourth-order valence-corrected chi connectivity index (χ4v) is 6.64. The maximum atomic E-state index is 13.7. The molecule has 2 saturated carbocycles. The molecule has 2 heterocycles. The van der Waals surface area contributed by atoms with Crippen LogP contribution in [0.5, 0.6) is 5.75 Å². The lowest BCUT2D eigenvalue weighted by atomic mass is 9.81. The van der Waals surface area contributed by atoms with E-state index >= 15 is 0 Å². The van der Waals surface area contributed by atoms with Crippen LogP contribution in [0.2, 0.25) is 10.0 Å². The molecule has 0 radical (unpaired) electrons. The second-order valence-electron chi connectivity index (χ2n) is 10.2. The first-order valence-electron chi connectivity index (χ1n) is 12.8. The van der Waals surface area contributed by atoms with Gasteiger partial charge in [0, 0.05) is 10.6 Å². The van der Waals surface area contributed by atoms with E-state index in [9.17, 15) is 24.0 Å². The van der Waals surface area contributed by atoms with Gasteiger partial charge in [-0.25, -0.2) is 9.80 Å². The maximum Gasteiger partial charge on any atom is 0.379 e. The summed E-state index contributed by atoms with van der Waals surface area (Å²) in [5, 5.41) is 2.07. The molecule has 11 heteroatoms. The average molecular weight is 581 g/mol. The molecule has 1 aromatic heterocycles. The number of nitrogens with zero attached hydrogens (tertiary/aromatic N) is 2. The minimum absolute atomic E-state index is 0.000292. The van der Waals surface area contributed by atoms with Crippen molar-refractivity contribution in [3.63, 3.8) is 0 Å². The molecule has 3 amide bonds. The number of carbonyl (C=O) groups excluding carboxylic acids is 5. The zero-order chi connectivity index (χ0) is 28.1. The van der Waals surface area contributed by atoms with E-state index < -0.39 is 47.9 Å². The number of imide groups is 1. The van der Waals surface area contributed by atoms with Gasteiger partial charge in [0.25, 0.3) is 17.7 Å². The largest absolute Gasteiger partial charge is 0.457 e. The van der Waals surface area contributed by atoms with Crippen molar-refractivity contribution in [2.24, 2.45) is 23.7 Å². The smallest absolute Gasteiger partial charge is 0.379 e. The summed E-state index contributed by atoms with van der Waals surface area (Å²) in [4.78, 5) is 66.4. The summed E-state index contributed by atoms with van der Waals surface area (Å²) in [6.07, 6.45) is 3.90. The van der Waals surface area contributed by atoms with Crippen LogP contribution in [-0.4, -0.2) is 46.0 Å². The molecular weight excluding hydrogens is 559 g/mol. The standard InChI is InChI=1S/C29H22Cl2N2O7/c30-18-7-10-20(21(31)13-18)26(35)32(33-27(36)24-16-3-4-17(12-16)25(24)28(33)37)14-22(34)15-5-8-19(9-6-15)40-29(38)23-2-1-11-39-23/h1-2,5-11,13,16-17,24-25H,3-4,12,14H2/t16-,17-,24-,25-/m0/s1. The van der Waals surface area contributed by atoms with E-state index in [0.29, 0.717) is 5.02 Å². The molecule has 4 atom stereocenters. The number of hydrogen-bond acceptors (Lipinski definition) is 7. The first-order valence-corrected chi connectivity index (χ1v) is 13.5. The van der Waals surface area contributed by atoms with Crippen LogP contribution in [0.15, 0.2) is 65.3 Å². The minimum Gasteiger partial charge on any atom is -0.457 e. The van der Waals surface area contributed by atoms with Crippen molar-refractivity contribution in [1.29, 1.82) is 0 Å². The van der Waals surface area contributed by atoms with Gasteiger partial charge in [-0.15, -0.1) is 0 Å². The number of esters is 1. The number of halogens is 2. The van der Waals surface area contributed by atoms with E-state index in [1.165, 1.54) is 54.8 Å². The molecule has 40 heavy (non-hydrogen) atoms. The molecule has 0 spiro atoms. The number of amides is 3. The Morgan fingerprint density at radius 3 is 2.23 bits per heavy atom. The third-order valence-electron chi connectivity index (χ3n) is 7.94. The molecule has 9 nitrogen and oxygen atoms in total. The predicted molar refractivity (Wildman–Crippen MR) is 142 cm³/mol. The van der Waals surface area contributed by atoms with Gasteiger partial charge in [0.1, 0.15) is 12.3 Å². The third-order valence-corrected chi connectivity index (χ3v) is 8.49. The number of rotatable bonds is 7. The minimum atomic E-state index is -0.770. The number of Topliss-reactive ketones (excluding diaryl/α,β-unsaturated/α-hetero) is 1. The Balaban J connectivity index is 1.27. The zero-order valence-corrected chi connectivity index (χ0v) is 22.4. The molecule has 0 unspecified atom stereocenters. The van der Waals surface area contributed by atoms with Gasteiger partial charge in [0.2, 0.25) is 5.76 Å². The van der Waals surface area contributed by atoms with Crippen LogP contribution < -0.4 is 4.74 Å². The quantitative estimate of drug-likeness (QED) is 0.166. The van der Waals surface area contributed by atoms with Crippen molar-refractivity contribution >= 4 is 52.7 Å². The molecule has 1 aliphatic heterocycles. The lowest BCUT2D eigenvalue weighted by Gasteiger charge is -2.31. The van der Waals surface area contributed by atoms with E-state index in [2.05, 4.69) is 0 Å². The average Bonchev–Trinajstić information content (AvgIpc) is 3.73. The Kier molecular flexibility index (Phi) is 6.72. The fraction of sp³-hybridized carbons (Fsp3) is 0.276. The highest BCUT2D eigenvalue weighted by Crippen LogP contribution is 2.56. The molecule has 2 aromatic carbocycles. The predicted octanol–water partition coefficient (Wildman–Crippen LogP) is 5.08. The number of hydrazine groups is 1. The Morgan fingerprint density at radius 1 is 0.950 bits per heavy atom. The van der Waals surface area contributed by atoms with E-state index in [4.69, 9.17) is 32.4 Å². The Bertz CT molecular complexity index is 1510. The second-order valence-corrected chi connectivity index (χ2v) is 11.0. The number of carbonyl (C=O) groups is 5. The highest BCUT2D eigenvalue weighted by molar-refractivity contribution is 6.36. The fourth-order valence-electron chi connectivity index (χ4n) is 6.15. The third kappa shape index (κ3) is 4.49. The molecule has 3 fully saturated rings. The molecule has 3 aliphatic rings. The van der Waals surface area contributed by atoms with Gasteiger partial charge in [-0.3, -0.25) is 19.2 Å². The van der Waals surface area contributed by atoms with Gasteiger partial charge in [-0.1, -0.05) is 23.2 Å². The van der Waals surface area contributed by atoms with Crippen LogP contribution in [-0.2, 0) is 9.59 Å². The molecule has 0 N–H and O–H groups in total. The van der Waals surface area contributed by atoms with Crippen molar-refractivity contribution in [1.82, 2.24) is 10.0 Å². The highest BCUT2D eigenvalue weighted by atomic mass is 35.5. The van der Waals surface area contributed by atoms with E-state index in [0.717, 1.165) is 29.3 Å². The normalized spacial score (nSPS) is 22.9. The topological polar surface area (TPSA) is 114 Å². The van der Waals surface area contributed by atoms with Crippen LogP contribution in [0.4, 0.5) is 0 Å². The molecule has 6 rings (SSSR count). The highest BCUT2D eigenvalue weighted by Gasteiger charge is 2.62. The molecule has 204 valence electrons. The summed E-state index contributed by atoms with van der Waals surface area (Å²) in [5.74, 6) is -3.52. The van der Waals surface area contributed by atoms with Crippen LogP contribution in [0, 0.1) is 23.7 Å². The van der Waals surface area contributed by atoms with Crippen LogP contribution >= 0.6 is 23.2 Å². The Labute approximate surface area is 238 Å². The first kappa shape index (κ1) is 26.3. The Hall–Kier alpha value is -3.95. The van der Waals surface area contributed by atoms with Gasteiger partial charge < -0.3 is 9.15 Å². The van der Waals surface area contributed by atoms with Crippen molar-refractivity contribution in [2.45, 2.75) is 19.3 Å². The lowest BCUT2D eigenvalue weighted by Crippen LogP contribution is -2.52. The number of fused-ring (bicyclic) bond motifs is 5. The van der Waals surface area contributed by atoms with E-state index in [-0.39, 0.29) is 39.5 Å². The Morgan fingerprint density at radius 2 is 1.62 bits per heavy atom. The van der Waals surface area contributed by atoms with Crippen LogP contribution in [0.1, 0.15) is 50.5 Å². The van der Waals surface area contributed by atoms with E-state index in [1.54, 1.807) is 6.07 Å². The van der Waals surface area contributed by atoms with Crippen LogP contribution in [0.3, 0.4) is 0 Å². The summed E-state index contributed by atoms with van der Waals surface area (Å²) in [7, 11) is 0. The van der Waals surface area contributed by atoms with Gasteiger partial charge in [-0.2, -0.15) is 5.01 Å². The molecular formula is C29H22Cl2N2O7.